The van der Waals surface area contributed by atoms with Crippen LogP contribution < -0.4 is 0 Å². The summed E-state index contributed by atoms with van der Waals surface area (Å²) in [7, 11) is 0. The maximum Gasteiger partial charge on any atom is 0.189 e. The second-order valence-corrected chi connectivity index (χ2v) is 4.67. The number of para-hydroxylation sites is 1. The third-order valence-electron chi connectivity index (χ3n) is 2.57. The van der Waals surface area contributed by atoms with E-state index in [1.54, 1.807) is 11.8 Å². The fourth-order valence-electron chi connectivity index (χ4n) is 1.82. The van der Waals surface area contributed by atoms with Crippen molar-refractivity contribution in [1.82, 2.24) is 15.0 Å². The van der Waals surface area contributed by atoms with E-state index in [9.17, 15) is 0 Å². The summed E-state index contributed by atoms with van der Waals surface area (Å²) < 4.78 is 0. The quantitative estimate of drug-likeness (QED) is 0.434. The van der Waals surface area contributed by atoms with Gasteiger partial charge in [0.25, 0.3) is 0 Å². The van der Waals surface area contributed by atoms with E-state index in [2.05, 4.69) is 27.6 Å². The molecule has 84 valence electrons. The van der Waals surface area contributed by atoms with Crippen LogP contribution in [-0.4, -0.2) is 20.7 Å². The molecular weight excluding hydrogens is 230 g/mol. The van der Waals surface area contributed by atoms with Crippen LogP contribution in [0.25, 0.3) is 21.9 Å². The minimum Gasteiger partial charge on any atom is -0.339 e. The highest BCUT2D eigenvalue weighted by molar-refractivity contribution is 7.99. The predicted molar refractivity (Wildman–Crippen MR) is 72.3 cm³/mol. The van der Waals surface area contributed by atoms with Gasteiger partial charge in [-0.05, 0) is 6.07 Å². The highest BCUT2D eigenvalue weighted by Crippen LogP contribution is 2.24. The number of benzene rings is 1. The molecule has 0 fully saturated rings. The van der Waals surface area contributed by atoms with Gasteiger partial charge >= 0.3 is 0 Å². The third kappa shape index (κ3) is 1.80. The molecule has 3 nitrogen and oxygen atoms in total. The van der Waals surface area contributed by atoms with E-state index in [1.807, 2.05) is 30.5 Å². The molecule has 0 unspecified atom stereocenters. The van der Waals surface area contributed by atoms with Crippen molar-refractivity contribution in [2.45, 2.75) is 5.16 Å². The van der Waals surface area contributed by atoms with Gasteiger partial charge in [0.15, 0.2) is 5.16 Å². The molecule has 0 saturated carbocycles. The first-order valence-corrected chi connectivity index (χ1v) is 6.34. The normalized spacial score (nSPS) is 11.1. The molecule has 2 heterocycles. The second-order valence-electron chi connectivity index (χ2n) is 3.69. The Morgan fingerprint density at radius 2 is 2.18 bits per heavy atom. The largest absolute Gasteiger partial charge is 0.339 e. The monoisotopic (exact) mass is 241 g/mol. The highest BCUT2D eigenvalue weighted by Gasteiger charge is 2.06. The van der Waals surface area contributed by atoms with Gasteiger partial charge in [0.2, 0.25) is 0 Å². The Labute approximate surface area is 103 Å². The molecule has 0 spiro atoms. The third-order valence-corrected chi connectivity index (χ3v) is 3.42. The van der Waals surface area contributed by atoms with Gasteiger partial charge in [-0.1, -0.05) is 36.0 Å². The maximum atomic E-state index is 4.50. The topological polar surface area (TPSA) is 41.6 Å². The molecule has 0 aliphatic carbocycles. The fourth-order valence-corrected chi connectivity index (χ4v) is 2.37. The standard InChI is InChI=1S/C13H11N3S/c1-2-7-17-13-14-8-10-9-5-3-4-6-11(9)15-12(10)16-13/h2-6,8H,1,7H2,(H,14,15,16). The van der Waals surface area contributed by atoms with Gasteiger partial charge in [0.1, 0.15) is 5.65 Å². The van der Waals surface area contributed by atoms with E-state index in [0.29, 0.717) is 0 Å². The number of nitrogens with one attached hydrogen (secondary N) is 1. The molecule has 0 atom stereocenters. The van der Waals surface area contributed by atoms with E-state index >= 15 is 0 Å². The second kappa shape index (κ2) is 4.22. The van der Waals surface area contributed by atoms with E-state index in [-0.39, 0.29) is 0 Å². The van der Waals surface area contributed by atoms with Gasteiger partial charge in [-0.25, -0.2) is 9.97 Å². The minimum atomic E-state index is 0.781. The average molecular weight is 241 g/mol. The Kier molecular flexibility index (Phi) is 2.57. The lowest BCUT2D eigenvalue weighted by Crippen LogP contribution is -1.86. The summed E-state index contributed by atoms with van der Waals surface area (Å²) in [5, 5.41) is 3.02. The predicted octanol–water partition coefficient (Wildman–Crippen LogP) is 3.39. The summed E-state index contributed by atoms with van der Waals surface area (Å²) in [5.74, 6) is 0.825. The Morgan fingerprint density at radius 3 is 3.06 bits per heavy atom. The molecule has 4 heteroatoms. The molecule has 0 saturated heterocycles. The van der Waals surface area contributed by atoms with Crippen molar-refractivity contribution in [3.8, 4) is 0 Å². The van der Waals surface area contributed by atoms with E-state index in [4.69, 9.17) is 0 Å². The number of thioether (sulfide) groups is 1. The number of fused-ring (bicyclic) bond motifs is 3. The van der Waals surface area contributed by atoms with Crippen LogP contribution in [-0.2, 0) is 0 Å². The zero-order valence-electron chi connectivity index (χ0n) is 9.18. The average Bonchev–Trinajstić information content (AvgIpc) is 2.74. The van der Waals surface area contributed by atoms with Gasteiger partial charge in [0.05, 0.1) is 0 Å². The van der Waals surface area contributed by atoms with Crippen molar-refractivity contribution >= 4 is 33.7 Å². The van der Waals surface area contributed by atoms with Crippen LogP contribution in [0.2, 0.25) is 0 Å². The van der Waals surface area contributed by atoms with Crippen molar-refractivity contribution in [3.63, 3.8) is 0 Å². The van der Waals surface area contributed by atoms with Gasteiger partial charge in [-0.3, -0.25) is 0 Å². The summed E-state index contributed by atoms with van der Waals surface area (Å²) in [6.07, 6.45) is 3.73. The number of nitrogens with zero attached hydrogens (tertiary/aromatic N) is 2. The van der Waals surface area contributed by atoms with Crippen LogP contribution >= 0.6 is 11.8 Å². The van der Waals surface area contributed by atoms with E-state index in [0.717, 1.165) is 27.5 Å². The number of aromatic nitrogens is 3. The van der Waals surface area contributed by atoms with Crippen LogP contribution in [0, 0.1) is 0 Å². The Morgan fingerprint density at radius 1 is 1.29 bits per heavy atom. The molecule has 17 heavy (non-hydrogen) atoms. The van der Waals surface area contributed by atoms with Crippen LogP contribution in [0.3, 0.4) is 0 Å². The fraction of sp³-hybridized carbons (Fsp3) is 0.0769. The molecular formula is C13H11N3S. The highest BCUT2D eigenvalue weighted by atomic mass is 32.2. The lowest BCUT2D eigenvalue weighted by molar-refractivity contribution is 0.998. The molecule has 0 bridgehead atoms. The molecule has 0 radical (unpaired) electrons. The van der Waals surface area contributed by atoms with Crippen LogP contribution in [0.15, 0.2) is 48.3 Å². The summed E-state index contributed by atoms with van der Waals surface area (Å²) >= 11 is 1.58. The molecule has 0 aliphatic rings. The molecule has 1 N–H and O–H groups in total. The summed E-state index contributed by atoms with van der Waals surface area (Å²) in [6, 6.07) is 8.16. The van der Waals surface area contributed by atoms with Gasteiger partial charge in [-0.2, -0.15) is 0 Å². The number of hydrogen-bond acceptors (Lipinski definition) is 3. The smallest absolute Gasteiger partial charge is 0.189 e. The number of rotatable bonds is 3. The molecule has 0 amide bonds. The van der Waals surface area contributed by atoms with Crippen LogP contribution in [0.5, 0.6) is 0 Å². The van der Waals surface area contributed by atoms with Crippen LogP contribution in [0.1, 0.15) is 0 Å². The lowest BCUT2D eigenvalue weighted by Gasteiger charge is -1.96. The Balaban J connectivity index is 2.16. The van der Waals surface area contributed by atoms with Crippen molar-refractivity contribution in [2.75, 3.05) is 5.75 Å². The van der Waals surface area contributed by atoms with Crippen molar-refractivity contribution < 1.29 is 0 Å². The summed E-state index contributed by atoms with van der Waals surface area (Å²) in [6.45, 7) is 3.69. The van der Waals surface area contributed by atoms with Crippen molar-refractivity contribution in [3.05, 3.63) is 43.1 Å². The maximum absolute atomic E-state index is 4.50. The van der Waals surface area contributed by atoms with Crippen molar-refractivity contribution in [2.24, 2.45) is 0 Å². The van der Waals surface area contributed by atoms with Gasteiger partial charge in [0, 0.05) is 28.2 Å². The van der Waals surface area contributed by atoms with Crippen molar-refractivity contribution in [1.29, 1.82) is 0 Å². The SMILES string of the molecule is C=CCSc1ncc2c(n1)[nH]c1ccccc12. The first-order valence-electron chi connectivity index (χ1n) is 5.35. The van der Waals surface area contributed by atoms with Crippen LogP contribution in [0.4, 0.5) is 0 Å². The zero-order chi connectivity index (χ0) is 11.7. The molecule has 1 aromatic carbocycles. The minimum absolute atomic E-state index is 0.781. The summed E-state index contributed by atoms with van der Waals surface area (Å²) in [5.41, 5.74) is 2.00. The Hall–Kier alpha value is -1.81. The molecule has 0 aliphatic heterocycles. The van der Waals surface area contributed by atoms with E-state index < -0.39 is 0 Å². The first kappa shape index (κ1) is 10.4. The van der Waals surface area contributed by atoms with E-state index in [1.165, 1.54) is 5.39 Å². The molecule has 3 aromatic rings. The lowest BCUT2D eigenvalue weighted by atomic mass is 10.2. The molecule has 3 rings (SSSR count). The van der Waals surface area contributed by atoms with Gasteiger partial charge < -0.3 is 4.98 Å². The van der Waals surface area contributed by atoms with Gasteiger partial charge in [-0.15, -0.1) is 6.58 Å². The summed E-state index contributed by atoms with van der Waals surface area (Å²) in [4.78, 5) is 12.2. The zero-order valence-corrected chi connectivity index (χ0v) is 10.00. The Bertz CT molecular complexity index is 687. The molecule has 2 aromatic heterocycles. The number of aromatic amines is 1. The number of hydrogen-bond donors (Lipinski definition) is 1. The number of H-pyrrole nitrogens is 1. The first-order chi connectivity index (χ1) is 8.38.